The molecule has 1 aliphatic rings. The molecule has 0 amide bonds. The molecule has 112 valence electrons. The maximum atomic E-state index is 11.0. The van der Waals surface area contributed by atoms with Gasteiger partial charge in [0.05, 0.1) is 22.7 Å². The molecule has 0 saturated heterocycles. The summed E-state index contributed by atoms with van der Waals surface area (Å²) in [5, 5.41) is 29.9. The van der Waals surface area contributed by atoms with Crippen LogP contribution in [0.5, 0.6) is 5.75 Å². The van der Waals surface area contributed by atoms with Crippen molar-refractivity contribution in [3.05, 3.63) is 33.9 Å². The van der Waals surface area contributed by atoms with Crippen molar-refractivity contribution in [3.8, 4) is 11.8 Å². The van der Waals surface area contributed by atoms with Gasteiger partial charge in [0.15, 0.2) is 5.75 Å². The summed E-state index contributed by atoms with van der Waals surface area (Å²) in [6.45, 7) is 0.0391. The number of ether oxygens (including phenoxy) is 1. The van der Waals surface area contributed by atoms with Gasteiger partial charge in [-0.3, -0.25) is 10.1 Å². The van der Waals surface area contributed by atoms with Crippen LogP contribution in [0.3, 0.4) is 0 Å². The Morgan fingerprint density at radius 3 is 2.76 bits per heavy atom. The predicted octanol–water partition coefficient (Wildman–Crippen LogP) is 2.79. The fourth-order valence-corrected chi connectivity index (χ4v) is 2.68. The molecule has 1 aromatic carbocycles. The zero-order valence-electron chi connectivity index (χ0n) is 11.7. The number of benzene rings is 1. The summed E-state index contributed by atoms with van der Waals surface area (Å²) in [5.41, 5.74) is -0.0354. The molecule has 21 heavy (non-hydrogen) atoms. The molecule has 1 atom stereocenters. The van der Waals surface area contributed by atoms with E-state index in [9.17, 15) is 15.2 Å². The highest BCUT2D eigenvalue weighted by molar-refractivity contribution is 5.51. The number of nitrogens with zero attached hydrogens (tertiary/aromatic N) is 2. The number of nitriles is 1. The van der Waals surface area contributed by atoms with E-state index in [4.69, 9.17) is 10.00 Å². The lowest BCUT2D eigenvalue weighted by molar-refractivity contribution is -0.386. The first-order valence-electron chi connectivity index (χ1n) is 7.11. The minimum Gasteiger partial charge on any atom is -0.484 e. The first kappa shape index (κ1) is 15.3. The Bertz CT molecular complexity index is 547. The van der Waals surface area contributed by atoms with Crippen LogP contribution in [0.4, 0.5) is 5.69 Å². The van der Waals surface area contributed by atoms with E-state index in [-0.39, 0.29) is 29.5 Å². The summed E-state index contributed by atoms with van der Waals surface area (Å²) in [5.74, 6) is 0.296. The smallest absolute Gasteiger partial charge is 0.312 e. The van der Waals surface area contributed by atoms with Crippen LogP contribution in [0.2, 0.25) is 0 Å². The van der Waals surface area contributed by atoms with Gasteiger partial charge in [-0.2, -0.15) is 5.26 Å². The summed E-state index contributed by atoms with van der Waals surface area (Å²) in [4.78, 5) is 10.4. The number of nitro benzene ring substituents is 1. The number of aliphatic hydroxyl groups is 1. The van der Waals surface area contributed by atoms with E-state index in [0.29, 0.717) is 0 Å². The molecular weight excluding hydrogens is 272 g/mol. The van der Waals surface area contributed by atoms with Gasteiger partial charge in [-0.1, -0.05) is 19.3 Å². The van der Waals surface area contributed by atoms with Gasteiger partial charge in [-0.05, 0) is 30.9 Å². The fraction of sp³-hybridized carbons (Fsp3) is 0.533. The monoisotopic (exact) mass is 290 g/mol. The second-order valence-corrected chi connectivity index (χ2v) is 5.33. The zero-order valence-corrected chi connectivity index (χ0v) is 11.7. The van der Waals surface area contributed by atoms with E-state index in [2.05, 4.69) is 0 Å². The van der Waals surface area contributed by atoms with Crippen LogP contribution in [-0.2, 0) is 0 Å². The molecule has 0 bridgehead atoms. The minimum absolute atomic E-state index is 0.0391. The SMILES string of the molecule is N#Cc1ccc(OCC(O)C2CCCCC2)c([N+](=O)[O-])c1. The predicted molar refractivity (Wildman–Crippen MR) is 75.9 cm³/mol. The normalized spacial score (nSPS) is 17.0. The van der Waals surface area contributed by atoms with Crippen molar-refractivity contribution in [3.63, 3.8) is 0 Å². The number of nitro groups is 1. The minimum atomic E-state index is -0.611. The van der Waals surface area contributed by atoms with Gasteiger partial charge in [-0.25, -0.2) is 0 Å². The topological polar surface area (TPSA) is 96.4 Å². The molecule has 1 N–H and O–H groups in total. The third kappa shape index (κ3) is 3.92. The lowest BCUT2D eigenvalue weighted by Gasteiger charge is -2.26. The van der Waals surface area contributed by atoms with Crippen LogP contribution in [0.15, 0.2) is 18.2 Å². The van der Waals surface area contributed by atoms with E-state index >= 15 is 0 Å². The lowest BCUT2D eigenvalue weighted by Crippen LogP contribution is -2.29. The average Bonchev–Trinajstić information content (AvgIpc) is 2.53. The van der Waals surface area contributed by atoms with Gasteiger partial charge in [-0.15, -0.1) is 0 Å². The average molecular weight is 290 g/mol. The van der Waals surface area contributed by atoms with Crippen molar-refractivity contribution < 1.29 is 14.8 Å². The Morgan fingerprint density at radius 2 is 2.14 bits per heavy atom. The molecule has 1 unspecified atom stereocenters. The van der Waals surface area contributed by atoms with Crippen molar-refractivity contribution in [2.24, 2.45) is 5.92 Å². The van der Waals surface area contributed by atoms with Crippen molar-refractivity contribution in [1.82, 2.24) is 0 Å². The van der Waals surface area contributed by atoms with Crippen LogP contribution in [0.1, 0.15) is 37.7 Å². The van der Waals surface area contributed by atoms with Gasteiger partial charge in [0.1, 0.15) is 6.61 Å². The molecule has 1 saturated carbocycles. The molecule has 0 heterocycles. The molecule has 6 nitrogen and oxygen atoms in total. The third-order valence-corrected chi connectivity index (χ3v) is 3.89. The number of hydrogen-bond acceptors (Lipinski definition) is 5. The van der Waals surface area contributed by atoms with Crippen molar-refractivity contribution in [2.45, 2.75) is 38.2 Å². The Kier molecular flexibility index (Phi) is 5.12. The maximum absolute atomic E-state index is 11.0. The van der Waals surface area contributed by atoms with Crippen LogP contribution < -0.4 is 4.74 Å². The Morgan fingerprint density at radius 1 is 1.43 bits per heavy atom. The summed E-state index contributed by atoms with van der Waals surface area (Å²) in [6, 6.07) is 5.91. The van der Waals surface area contributed by atoms with Crippen LogP contribution >= 0.6 is 0 Å². The van der Waals surface area contributed by atoms with E-state index in [1.54, 1.807) is 0 Å². The highest BCUT2D eigenvalue weighted by Gasteiger charge is 2.23. The van der Waals surface area contributed by atoms with E-state index < -0.39 is 11.0 Å². The Labute approximate surface area is 123 Å². The van der Waals surface area contributed by atoms with Crippen molar-refractivity contribution in [1.29, 1.82) is 5.26 Å². The molecule has 1 aromatic rings. The molecule has 1 aliphatic carbocycles. The number of rotatable bonds is 5. The second-order valence-electron chi connectivity index (χ2n) is 5.33. The molecule has 6 heteroatoms. The van der Waals surface area contributed by atoms with Gasteiger partial charge < -0.3 is 9.84 Å². The van der Waals surface area contributed by atoms with Gasteiger partial charge in [0.2, 0.25) is 0 Å². The molecule has 1 fully saturated rings. The van der Waals surface area contributed by atoms with E-state index in [0.717, 1.165) is 25.7 Å². The molecule has 0 aliphatic heterocycles. The third-order valence-electron chi connectivity index (χ3n) is 3.89. The molecule has 2 rings (SSSR count). The first-order chi connectivity index (χ1) is 10.1. The summed E-state index contributed by atoms with van der Waals surface area (Å²) >= 11 is 0. The molecule has 0 aromatic heterocycles. The zero-order chi connectivity index (χ0) is 15.2. The van der Waals surface area contributed by atoms with Gasteiger partial charge >= 0.3 is 5.69 Å². The van der Waals surface area contributed by atoms with Gasteiger partial charge in [0.25, 0.3) is 0 Å². The second kappa shape index (κ2) is 7.04. The maximum Gasteiger partial charge on any atom is 0.312 e. The van der Waals surface area contributed by atoms with Crippen molar-refractivity contribution >= 4 is 5.69 Å². The summed E-state index contributed by atoms with van der Waals surface area (Å²) in [6.07, 6.45) is 4.75. The van der Waals surface area contributed by atoms with Gasteiger partial charge in [0, 0.05) is 6.07 Å². The number of hydrogen-bond donors (Lipinski definition) is 1. The van der Waals surface area contributed by atoms with Crippen molar-refractivity contribution in [2.75, 3.05) is 6.61 Å². The van der Waals surface area contributed by atoms with E-state index in [1.165, 1.54) is 24.6 Å². The Balaban J connectivity index is 2.02. The largest absolute Gasteiger partial charge is 0.484 e. The van der Waals surface area contributed by atoms with E-state index in [1.807, 2.05) is 6.07 Å². The molecule has 0 spiro atoms. The molecule has 0 radical (unpaired) electrons. The lowest BCUT2D eigenvalue weighted by atomic mass is 9.85. The fourth-order valence-electron chi connectivity index (χ4n) is 2.68. The van der Waals surface area contributed by atoms with Crippen LogP contribution in [0, 0.1) is 27.4 Å². The highest BCUT2D eigenvalue weighted by atomic mass is 16.6. The summed E-state index contributed by atoms with van der Waals surface area (Å²) < 4.78 is 5.41. The Hall–Kier alpha value is -2.13. The molecular formula is C15H18N2O4. The number of aliphatic hydroxyl groups excluding tert-OH is 1. The van der Waals surface area contributed by atoms with Crippen LogP contribution in [-0.4, -0.2) is 22.7 Å². The quantitative estimate of drug-likeness (QED) is 0.664. The first-order valence-corrected chi connectivity index (χ1v) is 7.11. The standard InChI is InChI=1S/C15H18N2O4/c16-9-11-6-7-15(13(8-11)17(19)20)21-10-14(18)12-4-2-1-3-5-12/h6-8,12,14,18H,1-5,10H2. The summed E-state index contributed by atoms with van der Waals surface area (Å²) in [7, 11) is 0. The highest BCUT2D eigenvalue weighted by Crippen LogP contribution is 2.30. The van der Waals surface area contributed by atoms with Crippen LogP contribution in [0.25, 0.3) is 0 Å².